The fourth-order valence-electron chi connectivity index (χ4n) is 0.997. The van der Waals surface area contributed by atoms with E-state index >= 15 is 0 Å². The highest BCUT2D eigenvalue weighted by Gasteiger charge is 2.17. The summed E-state index contributed by atoms with van der Waals surface area (Å²) in [6.07, 6.45) is 0. The van der Waals surface area contributed by atoms with Crippen LogP contribution in [0.15, 0.2) is 0 Å². The zero-order valence-corrected chi connectivity index (χ0v) is 7.54. The second kappa shape index (κ2) is 4.32. The van der Waals surface area contributed by atoms with E-state index in [4.69, 9.17) is 9.79 Å². The standard InChI is InChI=1S/C5H13N2O4P/c8-12(9,10)11-5-7-3-1-6-2-4-7/h6H,1-5H2,(H2,8,9,10). The molecule has 1 saturated heterocycles. The Morgan fingerprint density at radius 2 is 2.00 bits per heavy atom. The predicted molar refractivity (Wildman–Crippen MR) is 42.4 cm³/mol. The molecule has 0 aromatic heterocycles. The second-order valence-corrected chi connectivity index (χ2v) is 3.86. The molecular weight excluding hydrogens is 183 g/mol. The van der Waals surface area contributed by atoms with Crippen molar-refractivity contribution in [3.8, 4) is 0 Å². The third-order valence-corrected chi connectivity index (χ3v) is 2.07. The highest BCUT2D eigenvalue weighted by atomic mass is 31.2. The van der Waals surface area contributed by atoms with Gasteiger partial charge < -0.3 is 15.1 Å². The van der Waals surface area contributed by atoms with E-state index in [9.17, 15) is 4.57 Å². The van der Waals surface area contributed by atoms with Crippen LogP contribution in [0.4, 0.5) is 0 Å². The Morgan fingerprint density at radius 1 is 1.42 bits per heavy atom. The van der Waals surface area contributed by atoms with Gasteiger partial charge in [0, 0.05) is 26.2 Å². The van der Waals surface area contributed by atoms with Crippen molar-refractivity contribution >= 4 is 7.82 Å². The maximum Gasteiger partial charge on any atom is 0.470 e. The van der Waals surface area contributed by atoms with Gasteiger partial charge in [0.25, 0.3) is 0 Å². The summed E-state index contributed by atoms with van der Waals surface area (Å²) < 4.78 is 14.6. The number of nitrogens with one attached hydrogen (secondary N) is 1. The molecule has 0 unspecified atom stereocenters. The third kappa shape index (κ3) is 4.15. The molecule has 0 aliphatic carbocycles. The normalized spacial score (nSPS) is 21.2. The first-order valence-electron chi connectivity index (χ1n) is 3.71. The SMILES string of the molecule is O=P(O)(O)OCN1CCNCC1. The predicted octanol–water partition coefficient (Wildman–Crippen LogP) is -1.04. The summed E-state index contributed by atoms with van der Waals surface area (Å²) >= 11 is 0. The van der Waals surface area contributed by atoms with Crippen LogP contribution in [0.2, 0.25) is 0 Å². The van der Waals surface area contributed by atoms with Crippen LogP contribution >= 0.6 is 7.82 Å². The number of hydrogen-bond donors (Lipinski definition) is 3. The Balaban J connectivity index is 2.17. The molecule has 3 N–H and O–H groups in total. The molecule has 72 valence electrons. The Labute approximate surface area is 70.8 Å². The average Bonchev–Trinajstić information content (AvgIpc) is 2.02. The van der Waals surface area contributed by atoms with Crippen LogP contribution in [-0.4, -0.2) is 47.6 Å². The highest BCUT2D eigenvalue weighted by molar-refractivity contribution is 7.46. The first-order valence-corrected chi connectivity index (χ1v) is 5.24. The number of phosphoric acid groups is 1. The van der Waals surface area contributed by atoms with Crippen molar-refractivity contribution in [2.75, 3.05) is 32.9 Å². The fourth-order valence-corrected chi connectivity index (χ4v) is 1.31. The topological polar surface area (TPSA) is 82.0 Å². The summed E-state index contributed by atoms with van der Waals surface area (Å²) in [5.74, 6) is 0. The summed E-state index contributed by atoms with van der Waals surface area (Å²) in [6.45, 7) is 3.21. The van der Waals surface area contributed by atoms with Crippen molar-refractivity contribution in [3.63, 3.8) is 0 Å². The molecule has 0 radical (unpaired) electrons. The van der Waals surface area contributed by atoms with Crippen LogP contribution in [0, 0.1) is 0 Å². The molecule has 12 heavy (non-hydrogen) atoms. The molecule has 0 saturated carbocycles. The molecule has 1 rings (SSSR count). The van der Waals surface area contributed by atoms with E-state index in [2.05, 4.69) is 9.84 Å². The van der Waals surface area contributed by atoms with Crippen molar-refractivity contribution in [2.45, 2.75) is 0 Å². The lowest BCUT2D eigenvalue weighted by Gasteiger charge is -2.26. The smallest absolute Gasteiger partial charge is 0.314 e. The van der Waals surface area contributed by atoms with Gasteiger partial charge in [0.15, 0.2) is 0 Å². The zero-order valence-electron chi connectivity index (χ0n) is 6.64. The molecule has 0 spiro atoms. The maximum atomic E-state index is 10.3. The largest absolute Gasteiger partial charge is 0.470 e. The first-order chi connectivity index (χ1) is 5.58. The van der Waals surface area contributed by atoms with E-state index in [1.165, 1.54) is 0 Å². The molecule has 0 amide bonds. The van der Waals surface area contributed by atoms with Crippen molar-refractivity contribution < 1.29 is 18.9 Å². The van der Waals surface area contributed by atoms with Gasteiger partial charge in [0.2, 0.25) is 0 Å². The summed E-state index contributed by atoms with van der Waals surface area (Å²) in [4.78, 5) is 18.6. The number of phosphoric ester groups is 1. The van der Waals surface area contributed by atoms with Gasteiger partial charge >= 0.3 is 7.82 Å². The molecule has 1 aliphatic heterocycles. The quantitative estimate of drug-likeness (QED) is 0.500. The van der Waals surface area contributed by atoms with E-state index < -0.39 is 7.82 Å². The second-order valence-electron chi connectivity index (χ2n) is 2.62. The highest BCUT2D eigenvalue weighted by Crippen LogP contribution is 2.35. The van der Waals surface area contributed by atoms with Gasteiger partial charge in [-0.2, -0.15) is 0 Å². The van der Waals surface area contributed by atoms with Gasteiger partial charge in [0.1, 0.15) is 6.73 Å². The zero-order chi connectivity index (χ0) is 9.03. The molecule has 1 fully saturated rings. The van der Waals surface area contributed by atoms with Gasteiger partial charge in [-0.1, -0.05) is 0 Å². The maximum absolute atomic E-state index is 10.3. The molecular formula is C5H13N2O4P. The fraction of sp³-hybridized carbons (Fsp3) is 1.00. The summed E-state index contributed by atoms with van der Waals surface area (Å²) in [7, 11) is -4.29. The number of hydrogen-bond acceptors (Lipinski definition) is 4. The first kappa shape index (κ1) is 10.1. The van der Waals surface area contributed by atoms with Gasteiger partial charge in [-0.15, -0.1) is 0 Å². The Bertz CT molecular complexity index is 176. The van der Waals surface area contributed by atoms with Gasteiger partial charge in [-0.3, -0.25) is 9.42 Å². The number of piperazine rings is 1. The summed E-state index contributed by atoms with van der Waals surface area (Å²) in [6, 6.07) is 0. The Kier molecular flexibility index (Phi) is 3.64. The van der Waals surface area contributed by atoms with Crippen LogP contribution in [0.25, 0.3) is 0 Å². The van der Waals surface area contributed by atoms with E-state index in [0.29, 0.717) is 0 Å². The molecule has 0 bridgehead atoms. The molecule has 0 atom stereocenters. The number of rotatable bonds is 3. The van der Waals surface area contributed by atoms with E-state index in [1.807, 2.05) is 4.90 Å². The minimum Gasteiger partial charge on any atom is -0.314 e. The van der Waals surface area contributed by atoms with Crippen LogP contribution < -0.4 is 5.32 Å². The van der Waals surface area contributed by atoms with Crippen LogP contribution in [0.5, 0.6) is 0 Å². The molecule has 0 aromatic rings. The van der Waals surface area contributed by atoms with Crippen LogP contribution in [0.1, 0.15) is 0 Å². The van der Waals surface area contributed by atoms with Crippen LogP contribution in [-0.2, 0) is 9.09 Å². The molecule has 0 aromatic carbocycles. The Hall–Kier alpha value is 0.0300. The van der Waals surface area contributed by atoms with Gasteiger partial charge in [0.05, 0.1) is 0 Å². The van der Waals surface area contributed by atoms with Crippen molar-refractivity contribution in [1.29, 1.82) is 0 Å². The summed E-state index contributed by atoms with van der Waals surface area (Å²) in [5, 5.41) is 3.12. The average molecular weight is 196 g/mol. The lowest BCUT2D eigenvalue weighted by atomic mass is 10.4. The van der Waals surface area contributed by atoms with E-state index in [-0.39, 0.29) is 6.73 Å². The monoisotopic (exact) mass is 196 g/mol. The molecule has 1 heterocycles. The minimum absolute atomic E-state index is 0.00591. The minimum atomic E-state index is -4.29. The van der Waals surface area contributed by atoms with Gasteiger partial charge in [-0.25, -0.2) is 4.57 Å². The number of nitrogens with zero attached hydrogens (tertiary/aromatic N) is 1. The van der Waals surface area contributed by atoms with Crippen molar-refractivity contribution in [3.05, 3.63) is 0 Å². The van der Waals surface area contributed by atoms with E-state index in [1.54, 1.807) is 0 Å². The van der Waals surface area contributed by atoms with Crippen molar-refractivity contribution in [1.82, 2.24) is 10.2 Å². The lowest BCUT2D eigenvalue weighted by Crippen LogP contribution is -2.44. The van der Waals surface area contributed by atoms with Crippen LogP contribution in [0.3, 0.4) is 0 Å². The molecule has 1 aliphatic rings. The summed E-state index contributed by atoms with van der Waals surface area (Å²) in [5.41, 5.74) is 0. The lowest BCUT2D eigenvalue weighted by molar-refractivity contribution is 0.0825. The van der Waals surface area contributed by atoms with Crippen molar-refractivity contribution in [2.24, 2.45) is 0 Å². The Morgan fingerprint density at radius 3 is 2.50 bits per heavy atom. The van der Waals surface area contributed by atoms with E-state index in [0.717, 1.165) is 26.2 Å². The third-order valence-electron chi connectivity index (χ3n) is 1.62. The molecule has 6 nitrogen and oxygen atoms in total. The van der Waals surface area contributed by atoms with Gasteiger partial charge in [-0.05, 0) is 0 Å². The molecule has 7 heteroatoms.